The normalized spacial score (nSPS) is 16.0. The largest absolute Gasteiger partial charge is 0.493 e. The minimum Gasteiger partial charge on any atom is -0.493 e. The molecule has 0 saturated carbocycles. The number of rotatable bonds is 4. The number of nitrogens with zero attached hydrogens (tertiary/aromatic N) is 1. The lowest BCUT2D eigenvalue weighted by Crippen LogP contribution is -2.39. The van der Waals surface area contributed by atoms with Gasteiger partial charge in [-0.3, -0.25) is 0 Å². The van der Waals surface area contributed by atoms with Crippen molar-refractivity contribution in [3.8, 4) is 34.1 Å². The van der Waals surface area contributed by atoms with Crippen LogP contribution in [0.4, 0.5) is 4.79 Å². The predicted octanol–water partition coefficient (Wildman–Crippen LogP) is 5.95. The highest BCUT2D eigenvalue weighted by Crippen LogP contribution is 2.48. The summed E-state index contributed by atoms with van der Waals surface area (Å²) in [6, 6.07) is 9.50. The molecule has 6 rings (SSSR count). The monoisotopic (exact) mass is 545 g/mol. The topological polar surface area (TPSA) is 92.8 Å². The molecule has 3 aromatic carbocycles. The van der Waals surface area contributed by atoms with Crippen LogP contribution in [0.3, 0.4) is 0 Å². The molecule has 0 spiro atoms. The van der Waals surface area contributed by atoms with Crippen molar-refractivity contribution in [3.63, 3.8) is 0 Å². The van der Waals surface area contributed by atoms with E-state index in [2.05, 4.69) is 0 Å². The molecule has 0 radical (unpaired) electrons. The Morgan fingerprint density at radius 2 is 1.60 bits per heavy atom. The summed E-state index contributed by atoms with van der Waals surface area (Å²) in [4.78, 5) is 27.7. The van der Waals surface area contributed by atoms with Gasteiger partial charge in [0, 0.05) is 24.2 Å². The van der Waals surface area contributed by atoms with Crippen molar-refractivity contribution in [1.82, 2.24) is 4.90 Å². The van der Waals surface area contributed by atoms with E-state index in [0.29, 0.717) is 48.1 Å². The maximum Gasteiger partial charge on any atom is 0.410 e. The molecule has 3 aliphatic rings. The molecule has 0 atom stereocenters. The molecule has 0 bridgehead atoms. The van der Waals surface area contributed by atoms with E-state index in [4.69, 9.17) is 28.4 Å². The lowest BCUT2D eigenvalue weighted by Gasteiger charge is -2.30. The molecule has 0 aliphatic carbocycles. The van der Waals surface area contributed by atoms with Crippen molar-refractivity contribution in [2.24, 2.45) is 0 Å². The summed E-state index contributed by atoms with van der Waals surface area (Å²) in [6.07, 6.45) is 2.27. The first-order valence-electron chi connectivity index (χ1n) is 13.2. The summed E-state index contributed by atoms with van der Waals surface area (Å²) in [7, 11) is 3.18. The second-order valence-corrected chi connectivity index (χ2v) is 10.9. The van der Waals surface area contributed by atoms with Crippen LogP contribution in [-0.2, 0) is 16.1 Å². The number of fused-ring (bicyclic) bond motifs is 3. The number of benzene rings is 3. The fraction of sp³-hybridized carbons (Fsp3) is 0.355. The van der Waals surface area contributed by atoms with E-state index in [1.54, 1.807) is 19.1 Å². The molecule has 9 heteroatoms. The number of carbonyl (C=O) groups excluding carboxylic acids is 2. The third-order valence-corrected chi connectivity index (χ3v) is 7.31. The smallest absolute Gasteiger partial charge is 0.410 e. The second kappa shape index (κ2) is 9.66. The van der Waals surface area contributed by atoms with Gasteiger partial charge in [-0.2, -0.15) is 0 Å². The van der Waals surface area contributed by atoms with Gasteiger partial charge in [-0.15, -0.1) is 0 Å². The maximum atomic E-state index is 13.3. The number of carbonyl (C=O) groups is 2. The quantitative estimate of drug-likeness (QED) is 0.372. The molecule has 208 valence electrons. The predicted molar refractivity (Wildman–Crippen MR) is 148 cm³/mol. The van der Waals surface area contributed by atoms with E-state index in [1.165, 1.54) is 0 Å². The van der Waals surface area contributed by atoms with Crippen LogP contribution < -0.4 is 18.9 Å². The molecule has 0 aromatic heterocycles. The van der Waals surface area contributed by atoms with Crippen LogP contribution in [0.2, 0.25) is 0 Å². The number of cyclic esters (lactones) is 1. The van der Waals surface area contributed by atoms with E-state index in [9.17, 15) is 9.59 Å². The molecule has 0 unspecified atom stereocenters. The summed E-state index contributed by atoms with van der Waals surface area (Å²) in [6.45, 7) is 6.75. The lowest BCUT2D eigenvalue weighted by atomic mass is 9.82. The number of esters is 1. The fourth-order valence-corrected chi connectivity index (χ4v) is 5.55. The highest BCUT2D eigenvalue weighted by molar-refractivity contribution is 6.15. The Hall–Kier alpha value is -4.40. The van der Waals surface area contributed by atoms with Gasteiger partial charge in [0.1, 0.15) is 12.2 Å². The van der Waals surface area contributed by atoms with Gasteiger partial charge in [-0.1, -0.05) is 12.1 Å². The van der Waals surface area contributed by atoms with Gasteiger partial charge in [0.25, 0.3) is 0 Å². The molecule has 0 N–H and O–H groups in total. The van der Waals surface area contributed by atoms with E-state index in [-0.39, 0.29) is 25.5 Å². The van der Waals surface area contributed by atoms with Crippen LogP contribution in [0.5, 0.6) is 23.0 Å². The van der Waals surface area contributed by atoms with Gasteiger partial charge in [-0.05, 0) is 78.9 Å². The molecular formula is C31H31NO8. The molecule has 0 saturated heterocycles. The second-order valence-electron chi connectivity index (χ2n) is 10.9. The first-order chi connectivity index (χ1) is 19.2. The zero-order chi connectivity index (χ0) is 28.2. The van der Waals surface area contributed by atoms with Gasteiger partial charge in [0.15, 0.2) is 23.0 Å². The van der Waals surface area contributed by atoms with Crippen molar-refractivity contribution in [1.29, 1.82) is 0 Å². The fourth-order valence-electron chi connectivity index (χ4n) is 5.55. The number of hydrogen-bond acceptors (Lipinski definition) is 8. The molecule has 0 fully saturated rings. The zero-order valence-electron chi connectivity index (χ0n) is 23.2. The van der Waals surface area contributed by atoms with E-state index >= 15 is 0 Å². The van der Waals surface area contributed by atoms with E-state index in [1.807, 2.05) is 57.2 Å². The van der Waals surface area contributed by atoms with Gasteiger partial charge >= 0.3 is 12.1 Å². The SMILES string of the molecule is COc1cc2c(C3=CCN(C(=O)OC(C)(C)C)CC3)c3c(c(-c4ccc5c(c4)OCO5)c2cc1OC)C(=O)OC3. The third kappa shape index (κ3) is 4.35. The van der Waals surface area contributed by atoms with Crippen LogP contribution in [0.15, 0.2) is 36.4 Å². The molecule has 3 aromatic rings. The Bertz CT molecular complexity index is 1580. The number of amides is 1. The van der Waals surface area contributed by atoms with Crippen LogP contribution >= 0.6 is 0 Å². The summed E-state index contributed by atoms with van der Waals surface area (Å²) < 4.78 is 33.7. The average Bonchev–Trinajstić information content (AvgIpc) is 3.56. The average molecular weight is 546 g/mol. The summed E-state index contributed by atoms with van der Waals surface area (Å²) >= 11 is 0. The summed E-state index contributed by atoms with van der Waals surface area (Å²) in [5.74, 6) is 2.01. The number of hydrogen-bond donors (Lipinski definition) is 0. The first kappa shape index (κ1) is 25.9. The van der Waals surface area contributed by atoms with E-state index in [0.717, 1.165) is 38.6 Å². The molecule has 40 heavy (non-hydrogen) atoms. The minimum absolute atomic E-state index is 0.151. The van der Waals surface area contributed by atoms with Gasteiger partial charge < -0.3 is 33.3 Å². The van der Waals surface area contributed by atoms with E-state index < -0.39 is 5.60 Å². The third-order valence-electron chi connectivity index (χ3n) is 7.31. The number of ether oxygens (including phenoxy) is 6. The highest BCUT2D eigenvalue weighted by Gasteiger charge is 2.34. The zero-order valence-corrected chi connectivity index (χ0v) is 23.2. The minimum atomic E-state index is -0.573. The van der Waals surface area contributed by atoms with Crippen LogP contribution in [-0.4, -0.2) is 56.7 Å². The Morgan fingerprint density at radius 1 is 0.900 bits per heavy atom. The van der Waals surface area contributed by atoms with Crippen molar-refractivity contribution in [2.75, 3.05) is 34.1 Å². The molecule has 9 nitrogen and oxygen atoms in total. The Balaban J connectivity index is 1.56. The maximum absolute atomic E-state index is 13.3. The summed E-state index contributed by atoms with van der Waals surface area (Å²) in [5.41, 5.74) is 4.25. The van der Waals surface area contributed by atoms with Crippen molar-refractivity contribution in [3.05, 3.63) is 53.1 Å². The lowest BCUT2D eigenvalue weighted by molar-refractivity contribution is 0.0270. The Labute approximate surface area is 232 Å². The van der Waals surface area contributed by atoms with Crippen molar-refractivity contribution in [2.45, 2.75) is 39.4 Å². The molecule has 3 aliphatic heterocycles. The van der Waals surface area contributed by atoms with Gasteiger partial charge in [0.05, 0.1) is 19.8 Å². The van der Waals surface area contributed by atoms with Crippen LogP contribution in [0, 0.1) is 0 Å². The Kier molecular flexibility index (Phi) is 6.24. The molecule has 1 amide bonds. The van der Waals surface area contributed by atoms with Crippen LogP contribution in [0.25, 0.3) is 27.5 Å². The van der Waals surface area contributed by atoms with Crippen molar-refractivity contribution < 1.29 is 38.0 Å². The van der Waals surface area contributed by atoms with Crippen LogP contribution in [0.1, 0.15) is 48.7 Å². The Morgan fingerprint density at radius 3 is 2.25 bits per heavy atom. The van der Waals surface area contributed by atoms with Gasteiger partial charge in [0.2, 0.25) is 6.79 Å². The highest BCUT2D eigenvalue weighted by atomic mass is 16.7. The summed E-state index contributed by atoms with van der Waals surface area (Å²) in [5, 5.41) is 1.72. The standard InChI is InChI=1S/C31H31NO8/c1-31(2,3)40-30(34)32-10-8-17(9-11-32)26-19-13-23(35-4)24(36-5)14-20(19)27(28-21(26)15-37-29(28)33)18-6-7-22-25(12-18)39-16-38-22/h6-8,12-14H,9-11,15-16H2,1-5H3. The van der Waals surface area contributed by atoms with Gasteiger partial charge in [-0.25, -0.2) is 9.59 Å². The van der Waals surface area contributed by atoms with Crippen molar-refractivity contribution >= 4 is 28.4 Å². The molecule has 3 heterocycles. The number of methoxy groups -OCH3 is 2. The molecular weight excluding hydrogens is 514 g/mol. The first-order valence-corrected chi connectivity index (χ1v) is 13.2.